The van der Waals surface area contributed by atoms with Crippen molar-refractivity contribution in [2.75, 3.05) is 6.54 Å². The summed E-state index contributed by atoms with van der Waals surface area (Å²) in [4.78, 5) is 36.2. The monoisotopic (exact) mass is 246 g/mol. The van der Waals surface area contributed by atoms with Crippen molar-refractivity contribution in [1.29, 1.82) is 0 Å². The van der Waals surface area contributed by atoms with Crippen LogP contribution in [0.4, 0.5) is 0 Å². The molecule has 0 aliphatic rings. The number of carboxylic acids is 1. The van der Waals surface area contributed by atoms with Crippen LogP contribution in [0.25, 0.3) is 10.9 Å². The molecule has 0 saturated carbocycles. The Labute approximate surface area is 101 Å². The molecule has 2 aromatic rings. The fourth-order valence-corrected chi connectivity index (χ4v) is 1.64. The van der Waals surface area contributed by atoms with E-state index in [0.717, 1.165) is 6.07 Å². The number of nitrogens with one attached hydrogen (secondary N) is 2. The number of benzene rings is 1. The Morgan fingerprint density at radius 2 is 2.00 bits per heavy atom. The standard InChI is InChI=1S/C12H10N2O4/c15-10-5-8(12(18)13-6-11(16)17)7-3-1-2-4-9(7)14-10/h1-5H,6H2,(H,13,18)(H,14,15)(H,16,17). The molecule has 1 aromatic carbocycles. The van der Waals surface area contributed by atoms with Gasteiger partial charge in [0.25, 0.3) is 5.91 Å². The van der Waals surface area contributed by atoms with Gasteiger partial charge in [0.15, 0.2) is 0 Å². The van der Waals surface area contributed by atoms with E-state index < -0.39 is 24.0 Å². The Bertz CT molecular complexity index is 675. The van der Waals surface area contributed by atoms with E-state index in [1.165, 1.54) is 0 Å². The summed E-state index contributed by atoms with van der Waals surface area (Å²) in [7, 11) is 0. The van der Waals surface area contributed by atoms with Crippen LogP contribution in [0, 0.1) is 0 Å². The number of carbonyl (C=O) groups excluding carboxylic acids is 1. The molecule has 6 nitrogen and oxygen atoms in total. The minimum atomic E-state index is -1.14. The molecule has 1 amide bonds. The SMILES string of the molecule is O=C(O)CNC(=O)c1cc(=O)[nH]c2ccccc12. The Kier molecular flexibility index (Phi) is 3.09. The van der Waals surface area contributed by atoms with Gasteiger partial charge in [-0.1, -0.05) is 18.2 Å². The van der Waals surface area contributed by atoms with E-state index >= 15 is 0 Å². The molecular weight excluding hydrogens is 236 g/mol. The highest BCUT2D eigenvalue weighted by molar-refractivity contribution is 6.06. The van der Waals surface area contributed by atoms with E-state index in [4.69, 9.17) is 5.11 Å². The summed E-state index contributed by atoms with van der Waals surface area (Å²) < 4.78 is 0. The molecule has 0 fully saturated rings. The highest BCUT2D eigenvalue weighted by atomic mass is 16.4. The number of aromatic amines is 1. The molecule has 0 unspecified atom stereocenters. The van der Waals surface area contributed by atoms with Crippen molar-refractivity contribution in [1.82, 2.24) is 10.3 Å². The van der Waals surface area contributed by atoms with Crippen LogP contribution in [0.15, 0.2) is 35.1 Å². The van der Waals surface area contributed by atoms with Gasteiger partial charge in [-0.15, -0.1) is 0 Å². The van der Waals surface area contributed by atoms with Crippen molar-refractivity contribution < 1.29 is 14.7 Å². The summed E-state index contributed by atoms with van der Waals surface area (Å²) in [6.45, 7) is -0.486. The number of hydrogen-bond donors (Lipinski definition) is 3. The minimum absolute atomic E-state index is 0.163. The summed E-state index contributed by atoms with van der Waals surface area (Å²) in [6.07, 6.45) is 0. The van der Waals surface area contributed by atoms with E-state index in [9.17, 15) is 14.4 Å². The van der Waals surface area contributed by atoms with Crippen LogP contribution < -0.4 is 10.9 Å². The first-order chi connectivity index (χ1) is 8.58. The smallest absolute Gasteiger partial charge is 0.322 e. The Morgan fingerprint density at radius 3 is 2.72 bits per heavy atom. The lowest BCUT2D eigenvalue weighted by Crippen LogP contribution is -2.30. The maximum atomic E-state index is 11.8. The number of carbonyl (C=O) groups is 2. The van der Waals surface area contributed by atoms with Crippen LogP contribution in [0.5, 0.6) is 0 Å². The predicted molar refractivity (Wildman–Crippen MR) is 64.5 cm³/mol. The summed E-state index contributed by atoms with van der Waals surface area (Å²) in [5.41, 5.74) is 0.287. The number of hydrogen-bond acceptors (Lipinski definition) is 3. The van der Waals surface area contributed by atoms with Gasteiger partial charge in [-0.2, -0.15) is 0 Å². The molecule has 0 spiro atoms. The van der Waals surface area contributed by atoms with Gasteiger partial charge in [0.2, 0.25) is 5.56 Å². The second-order valence-corrected chi connectivity index (χ2v) is 3.67. The summed E-state index contributed by atoms with van der Waals surface area (Å²) in [5.74, 6) is -1.72. The van der Waals surface area contributed by atoms with Crippen LogP contribution in [0.2, 0.25) is 0 Å². The highest BCUT2D eigenvalue weighted by Crippen LogP contribution is 2.14. The topological polar surface area (TPSA) is 99.3 Å². The maximum Gasteiger partial charge on any atom is 0.322 e. The van der Waals surface area contributed by atoms with E-state index in [1.54, 1.807) is 24.3 Å². The van der Waals surface area contributed by atoms with Gasteiger partial charge < -0.3 is 15.4 Å². The molecule has 0 radical (unpaired) electrons. The molecule has 1 heterocycles. The molecule has 0 aliphatic carbocycles. The number of rotatable bonds is 3. The van der Waals surface area contributed by atoms with Crippen molar-refractivity contribution >= 4 is 22.8 Å². The quantitative estimate of drug-likeness (QED) is 0.727. The van der Waals surface area contributed by atoms with Gasteiger partial charge in [-0.05, 0) is 6.07 Å². The second kappa shape index (κ2) is 4.70. The summed E-state index contributed by atoms with van der Waals surface area (Å²) in [5, 5.41) is 11.3. The van der Waals surface area contributed by atoms with Crippen LogP contribution in [0.1, 0.15) is 10.4 Å². The normalized spacial score (nSPS) is 10.2. The van der Waals surface area contributed by atoms with Gasteiger partial charge in [0.05, 0.1) is 5.56 Å². The maximum absolute atomic E-state index is 11.8. The summed E-state index contributed by atoms with van der Waals surface area (Å²) >= 11 is 0. The highest BCUT2D eigenvalue weighted by Gasteiger charge is 2.12. The van der Waals surface area contributed by atoms with E-state index in [-0.39, 0.29) is 5.56 Å². The third-order valence-electron chi connectivity index (χ3n) is 2.40. The van der Waals surface area contributed by atoms with Crippen molar-refractivity contribution in [2.45, 2.75) is 0 Å². The van der Waals surface area contributed by atoms with Crippen LogP contribution >= 0.6 is 0 Å². The van der Waals surface area contributed by atoms with Crippen LogP contribution in [0.3, 0.4) is 0 Å². The number of amides is 1. The number of H-pyrrole nitrogens is 1. The molecule has 0 atom stereocenters. The average molecular weight is 246 g/mol. The lowest BCUT2D eigenvalue weighted by molar-refractivity contribution is -0.135. The van der Waals surface area contributed by atoms with Crippen LogP contribution in [-0.2, 0) is 4.79 Å². The van der Waals surface area contributed by atoms with E-state index in [2.05, 4.69) is 10.3 Å². The minimum Gasteiger partial charge on any atom is -0.480 e. The second-order valence-electron chi connectivity index (χ2n) is 3.67. The molecule has 0 saturated heterocycles. The molecule has 0 aliphatic heterocycles. The largest absolute Gasteiger partial charge is 0.480 e. The Balaban J connectivity index is 2.46. The molecule has 1 aromatic heterocycles. The van der Waals surface area contributed by atoms with Gasteiger partial charge in [-0.25, -0.2) is 0 Å². The molecule has 2 rings (SSSR count). The number of carboxylic acid groups (broad SMARTS) is 1. The van der Waals surface area contributed by atoms with Gasteiger partial charge >= 0.3 is 5.97 Å². The first kappa shape index (κ1) is 11.8. The van der Waals surface area contributed by atoms with E-state index in [0.29, 0.717) is 10.9 Å². The number of aliphatic carboxylic acids is 1. The number of para-hydroxylation sites is 1. The molecule has 3 N–H and O–H groups in total. The zero-order valence-electron chi connectivity index (χ0n) is 9.27. The third-order valence-corrected chi connectivity index (χ3v) is 2.40. The predicted octanol–water partition coefficient (Wildman–Crippen LogP) is 0.342. The summed E-state index contributed by atoms with van der Waals surface area (Å²) in [6, 6.07) is 7.97. The Hall–Kier alpha value is -2.63. The fraction of sp³-hybridized carbons (Fsp3) is 0.0833. The van der Waals surface area contributed by atoms with Crippen molar-refractivity contribution in [2.24, 2.45) is 0 Å². The molecule has 92 valence electrons. The lowest BCUT2D eigenvalue weighted by atomic mass is 10.1. The number of pyridine rings is 1. The van der Waals surface area contributed by atoms with Crippen molar-refractivity contribution in [3.63, 3.8) is 0 Å². The zero-order valence-corrected chi connectivity index (χ0v) is 9.27. The zero-order chi connectivity index (χ0) is 13.1. The fourth-order valence-electron chi connectivity index (χ4n) is 1.64. The Morgan fingerprint density at radius 1 is 1.28 bits per heavy atom. The third kappa shape index (κ3) is 2.37. The van der Waals surface area contributed by atoms with Gasteiger partial charge in [-0.3, -0.25) is 14.4 Å². The molecule has 18 heavy (non-hydrogen) atoms. The molecular formula is C12H10N2O4. The van der Waals surface area contributed by atoms with E-state index in [1.807, 2.05) is 0 Å². The van der Waals surface area contributed by atoms with Crippen LogP contribution in [-0.4, -0.2) is 28.5 Å². The average Bonchev–Trinajstić information content (AvgIpc) is 2.34. The molecule has 0 bridgehead atoms. The number of fused-ring (bicyclic) bond motifs is 1. The first-order valence-corrected chi connectivity index (χ1v) is 5.20. The number of aromatic nitrogens is 1. The van der Waals surface area contributed by atoms with Gasteiger partial charge in [0, 0.05) is 17.0 Å². The van der Waals surface area contributed by atoms with Gasteiger partial charge in [0.1, 0.15) is 6.54 Å². The molecule has 6 heteroatoms. The van der Waals surface area contributed by atoms with Crippen molar-refractivity contribution in [3.05, 3.63) is 46.2 Å². The lowest BCUT2D eigenvalue weighted by Gasteiger charge is -2.05. The van der Waals surface area contributed by atoms with Crippen molar-refractivity contribution in [3.8, 4) is 0 Å². The first-order valence-electron chi connectivity index (χ1n) is 5.20.